The zero-order valence-electron chi connectivity index (χ0n) is 7.18. The van der Waals surface area contributed by atoms with Crippen molar-refractivity contribution in [2.75, 3.05) is 13.1 Å². The predicted molar refractivity (Wildman–Crippen MR) is 44.3 cm³/mol. The Morgan fingerprint density at radius 2 is 2.45 bits per heavy atom. The van der Waals surface area contributed by atoms with Gasteiger partial charge in [-0.1, -0.05) is 13.8 Å². The van der Waals surface area contributed by atoms with Crippen molar-refractivity contribution in [2.45, 2.75) is 26.3 Å². The largest absolute Gasteiger partial charge is 0.354 e. The molecule has 1 fully saturated rings. The molecule has 0 unspecified atom stereocenters. The van der Waals surface area contributed by atoms with E-state index in [-0.39, 0.29) is 5.91 Å². The van der Waals surface area contributed by atoms with Gasteiger partial charge in [0.25, 0.3) is 0 Å². The van der Waals surface area contributed by atoms with E-state index in [1.165, 1.54) is 0 Å². The molecule has 1 amide bonds. The molecule has 1 rings (SSSR count). The molecule has 0 aliphatic carbocycles. The van der Waals surface area contributed by atoms with Crippen molar-refractivity contribution in [1.29, 1.82) is 0 Å². The number of rotatable bonds is 3. The molecule has 3 nitrogen and oxygen atoms in total. The Labute approximate surface area is 67.5 Å². The molecule has 0 aromatic rings. The monoisotopic (exact) mass is 156 g/mol. The maximum Gasteiger partial charge on any atom is 0.221 e. The fraction of sp³-hybridized carbons (Fsp3) is 0.875. The molecule has 1 atom stereocenters. The summed E-state index contributed by atoms with van der Waals surface area (Å²) in [6.45, 7) is 6.12. The Hall–Kier alpha value is -0.570. The van der Waals surface area contributed by atoms with Gasteiger partial charge in [-0.05, 0) is 12.5 Å². The van der Waals surface area contributed by atoms with E-state index in [2.05, 4.69) is 24.5 Å². The predicted octanol–water partition coefficient (Wildman–Crippen LogP) is 0.120. The van der Waals surface area contributed by atoms with Crippen molar-refractivity contribution >= 4 is 5.91 Å². The van der Waals surface area contributed by atoms with Crippen LogP contribution >= 0.6 is 0 Å². The van der Waals surface area contributed by atoms with E-state index in [0.717, 1.165) is 13.1 Å². The van der Waals surface area contributed by atoms with Gasteiger partial charge < -0.3 is 10.6 Å². The quantitative estimate of drug-likeness (QED) is 0.609. The standard InChI is InChI=1S/C8H16N2O/c1-6(2)4-9-7-3-8(11)10-5-7/h6-7,9H,3-5H2,1-2H3,(H,10,11)/t7-/m1/s1. The van der Waals surface area contributed by atoms with Gasteiger partial charge in [0.15, 0.2) is 0 Å². The summed E-state index contributed by atoms with van der Waals surface area (Å²) in [7, 11) is 0. The number of amides is 1. The van der Waals surface area contributed by atoms with Crippen molar-refractivity contribution in [1.82, 2.24) is 10.6 Å². The summed E-state index contributed by atoms with van der Waals surface area (Å²) in [5.74, 6) is 0.831. The summed E-state index contributed by atoms with van der Waals surface area (Å²) in [4.78, 5) is 10.7. The number of hydrogen-bond acceptors (Lipinski definition) is 2. The second kappa shape index (κ2) is 3.72. The van der Waals surface area contributed by atoms with Gasteiger partial charge in [-0.25, -0.2) is 0 Å². The maximum atomic E-state index is 10.7. The van der Waals surface area contributed by atoms with Crippen LogP contribution in [0.25, 0.3) is 0 Å². The molecule has 0 bridgehead atoms. The van der Waals surface area contributed by atoms with Gasteiger partial charge in [0, 0.05) is 19.0 Å². The van der Waals surface area contributed by atoms with Crippen LogP contribution in [0.15, 0.2) is 0 Å². The number of carbonyl (C=O) groups is 1. The second-order valence-electron chi connectivity index (χ2n) is 3.51. The zero-order valence-corrected chi connectivity index (χ0v) is 7.18. The van der Waals surface area contributed by atoms with Gasteiger partial charge in [-0.3, -0.25) is 4.79 Å². The molecule has 11 heavy (non-hydrogen) atoms. The van der Waals surface area contributed by atoms with Crippen molar-refractivity contribution in [3.63, 3.8) is 0 Å². The Morgan fingerprint density at radius 3 is 2.91 bits per heavy atom. The highest BCUT2D eigenvalue weighted by molar-refractivity contribution is 5.78. The normalized spacial score (nSPS) is 24.3. The fourth-order valence-electron chi connectivity index (χ4n) is 1.15. The van der Waals surface area contributed by atoms with E-state index >= 15 is 0 Å². The van der Waals surface area contributed by atoms with Crippen molar-refractivity contribution in [3.05, 3.63) is 0 Å². The summed E-state index contributed by atoms with van der Waals surface area (Å²) in [5.41, 5.74) is 0. The van der Waals surface area contributed by atoms with E-state index < -0.39 is 0 Å². The van der Waals surface area contributed by atoms with Gasteiger partial charge >= 0.3 is 0 Å². The molecule has 1 aliphatic rings. The van der Waals surface area contributed by atoms with Crippen LogP contribution in [-0.2, 0) is 4.79 Å². The Kier molecular flexibility index (Phi) is 2.88. The first-order valence-electron chi connectivity index (χ1n) is 4.18. The van der Waals surface area contributed by atoms with Gasteiger partial charge in [-0.15, -0.1) is 0 Å². The lowest BCUT2D eigenvalue weighted by Gasteiger charge is -2.11. The minimum absolute atomic E-state index is 0.172. The summed E-state index contributed by atoms with van der Waals surface area (Å²) >= 11 is 0. The van der Waals surface area contributed by atoms with Crippen LogP contribution in [0.1, 0.15) is 20.3 Å². The molecule has 0 aromatic carbocycles. The van der Waals surface area contributed by atoms with E-state index in [4.69, 9.17) is 0 Å². The van der Waals surface area contributed by atoms with Gasteiger partial charge in [0.05, 0.1) is 0 Å². The average molecular weight is 156 g/mol. The summed E-state index contributed by atoms with van der Waals surface area (Å²) in [5, 5.41) is 6.12. The molecule has 0 radical (unpaired) electrons. The fourth-order valence-corrected chi connectivity index (χ4v) is 1.15. The van der Waals surface area contributed by atoms with E-state index in [9.17, 15) is 4.79 Å². The Morgan fingerprint density at radius 1 is 1.73 bits per heavy atom. The number of hydrogen-bond donors (Lipinski definition) is 2. The molecule has 1 saturated heterocycles. The lowest BCUT2D eigenvalue weighted by Crippen LogP contribution is -2.33. The highest BCUT2D eigenvalue weighted by Gasteiger charge is 2.20. The molecule has 2 N–H and O–H groups in total. The Balaban J connectivity index is 2.13. The van der Waals surface area contributed by atoms with Crippen LogP contribution in [0.3, 0.4) is 0 Å². The lowest BCUT2D eigenvalue weighted by molar-refractivity contribution is -0.119. The molecule has 64 valence electrons. The van der Waals surface area contributed by atoms with E-state index in [1.807, 2.05) is 0 Å². The van der Waals surface area contributed by atoms with E-state index in [1.54, 1.807) is 0 Å². The van der Waals surface area contributed by atoms with E-state index in [0.29, 0.717) is 18.4 Å². The third-order valence-corrected chi connectivity index (χ3v) is 1.79. The van der Waals surface area contributed by atoms with Crippen molar-refractivity contribution < 1.29 is 4.79 Å². The highest BCUT2D eigenvalue weighted by atomic mass is 16.1. The van der Waals surface area contributed by atoms with Gasteiger partial charge in [0.2, 0.25) is 5.91 Å². The summed E-state index contributed by atoms with van der Waals surface area (Å²) in [6, 6.07) is 0.366. The first-order chi connectivity index (χ1) is 5.18. The van der Waals surface area contributed by atoms with Crippen LogP contribution in [-0.4, -0.2) is 25.0 Å². The average Bonchev–Trinajstić information content (AvgIpc) is 2.31. The SMILES string of the molecule is CC(C)CN[C@H]1CNC(=O)C1. The Bertz CT molecular complexity index is 145. The highest BCUT2D eigenvalue weighted by Crippen LogP contribution is 1.99. The van der Waals surface area contributed by atoms with Crippen LogP contribution < -0.4 is 10.6 Å². The van der Waals surface area contributed by atoms with Gasteiger partial charge in [-0.2, -0.15) is 0 Å². The van der Waals surface area contributed by atoms with Crippen molar-refractivity contribution in [2.24, 2.45) is 5.92 Å². The number of carbonyl (C=O) groups excluding carboxylic acids is 1. The first kappa shape index (κ1) is 8.53. The number of nitrogens with one attached hydrogen (secondary N) is 2. The third-order valence-electron chi connectivity index (χ3n) is 1.79. The molecular weight excluding hydrogens is 140 g/mol. The van der Waals surface area contributed by atoms with Crippen molar-refractivity contribution in [3.8, 4) is 0 Å². The minimum Gasteiger partial charge on any atom is -0.354 e. The molecule has 0 spiro atoms. The lowest BCUT2D eigenvalue weighted by atomic mass is 10.2. The van der Waals surface area contributed by atoms with Crippen LogP contribution in [0.2, 0.25) is 0 Å². The minimum atomic E-state index is 0.172. The molecular formula is C8H16N2O. The molecule has 0 saturated carbocycles. The smallest absolute Gasteiger partial charge is 0.221 e. The summed E-state index contributed by atoms with van der Waals surface area (Å²) < 4.78 is 0. The topological polar surface area (TPSA) is 41.1 Å². The summed E-state index contributed by atoms with van der Waals surface area (Å²) in [6.07, 6.45) is 0.646. The second-order valence-corrected chi connectivity index (χ2v) is 3.51. The third kappa shape index (κ3) is 2.89. The van der Waals surface area contributed by atoms with Crippen LogP contribution in [0.5, 0.6) is 0 Å². The molecule has 1 aliphatic heterocycles. The molecule has 0 aromatic heterocycles. The van der Waals surface area contributed by atoms with Gasteiger partial charge in [0.1, 0.15) is 0 Å². The first-order valence-corrected chi connectivity index (χ1v) is 4.18. The van der Waals surface area contributed by atoms with Crippen LogP contribution in [0, 0.1) is 5.92 Å². The maximum absolute atomic E-state index is 10.7. The zero-order chi connectivity index (χ0) is 8.27. The molecule has 1 heterocycles. The molecule has 3 heteroatoms. The van der Waals surface area contributed by atoms with Crippen LogP contribution in [0.4, 0.5) is 0 Å².